The van der Waals surface area contributed by atoms with Gasteiger partial charge in [0.15, 0.2) is 0 Å². The molecule has 0 aliphatic rings. The Morgan fingerprint density at radius 2 is 2.12 bits per heavy atom. The van der Waals surface area contributed by atoms with E-state index in [1.54, 1.807) is 0 Å². The van der Waals surface area contributed by atoms with Crippen molar-refractivity contribution in [3.63, 3.8) is 0 Å². The first-order valence-electron chi connectivity index (χ1n) is 4.42. The Balaban J connectivity index is 2.84. The lowest BCUT2D eigenvalue weighted by Crippen LogP contribution is -2.06. The van der Waals surface area contributed by atoms with Gasteiger partial charge in [0.2, 0.25) is 0 Å². The number of benzene rings is 1. The standard InChI is InChI=1S/C11H9F3N2/c1-8(5-6-15)16-10-4-2-3-9(7-10)11(12,13)14/h2-4,7,16H,1,5H2. The second-order valence-electron chi connectivity index (χ2n) is 3.14. The predicted octanol–water partition coefficient (Wildman–Crippen LogP) is 3.54. The lowest BCUT2D eigenvalue weighted by Gasteiger charge is -2.10. The summed E-state index contributed by atoms with van der Waals surface area (Å²) >= 11 is 0. The molecule has 1 aromatic carbocycles. The molecule has 5 heteroatoms. The molecular weight excluding hydrogens is 217 g/mol. The predicted molar refractivity (Wildman–Crippen MR) is 54.4 cm³/mol. The maximum Gasteiger partial charge on any atom is 0.416 e. The molecule has 84 valence electrons. The van der Waals surface area contributed by atoms with Gasteiger partial charge in [0.05, 0.1) is 18.1 Å². The summed E-state index contributed by atoms with van der Waals surface area (Å²) < 4.78 is 37.1. The molecule has 0 aliphatic carbocycles. The van der Waals surface area contributed by atoms with Gasteiger partial charge in [-0.15, -0.1) is 0 Å². The van der Waals surface area contributed by atoms with Gasteiger partial charge in [0.1, 0.15) is 0 Å². The highest BCUT2D eigenvalue weighted by molar-refractivity contribution is 5.50. The SMILES string of the molecule is C=C(CC#N)Nc1cccc(C(F)(F)F)c1. The first-order valence-corrected chi connectivity index (χ1v) is 4.42. The molecule has 1 aromatic rings. The molecule has 1 N–H and O–H groups in total. The lowest BCUT2D eigenvalue weighted by molar-refractivity contribution is -0.137. The summed E-state index contributed by atoms with van der Waals surface area (Å²) in [5.41, 5.74) is -0.0980. The van der Waals surface area contributed by atoms with Gasteiger partial charge in [0.25, 0.3) is 0 Å². The van der Waals surface area contributed by atoms with Crippen molar-refractivity contribution in [3.05, 3.63) is 42.1 Å². The molecule has 0 spiro atoms. The maximum absolute atomic E-state index is 12.4. The number of allylic oxidation sites excluding steroid dienone is 1. The van der Waals surface area contributed by atoms with E-state index in [0.29, 0.717) is 5.70 Å². The number of nitrogens with zero attached hydrogens (tertiary/aromatic N) is 1. The molecule has 0 heterocycles. The molecule has 0 radical (unpaired) electrons. The van der Waals surface area contributed by atoms with Crippen LogP contribution in [0.4, 0.5) is 18.9 Å². The monoisotopic (exact) mass is 226 g/mol. The molecule has 0 saturated carbocycles. The molecule has 0 unspecified atom stereocenters. The van der Waals surface area contributed by atoms with Gasteiger partial charge in [0, 0.05) is 11.4 Å². The summed E-state index contributed by atoms with van der Waals surface area (Å²) in [5, 5.41) is 11.0. The minimum atomic E-state index is -4.37. The second-order valence-corrected chi connectivity index (χ2v) is 3.14. The van der Waals surface area contributed by atoms with Gasteiger partial charge in [-0.25, -0.2) is 0 Å². The number of nitrogens with one attached hydrogen (secondary N) is 1. The van der Waals surface area contributed by atoms with Crippen LogP contribution in [0, 0.1) is 11.3 Å². The fourth-order valence-corrected chi connectivity index (χ4v) is 1.12. The smallest absolute Gasteiger partial charge is 0.359 e. The fourth-order valence-electron chi connectivity index (χ4n) is 1.12. The van der Waals surface area contributed by atoms with Crippen LogP contribution in [-0.4, -0.2) is 0 Å². The number of nitriles is 1. The number of hydrogen-bond acceptors (Lipinski definition) is 2. The number of rotatable bonds is 3. The van der Waals surface area contributed by atoms with Crippen molar-refractivity contribution < 1.29 is 13.2 Å². The molecule has 1 rings (SSSR count). The largest absolute Gasteiger partial charge is 0.416 e. The van der Waals surface area contributed by atoms with Gasteiger partial charge in [-0.3, -0.25) is 0 Å². The van der Waals surface area contributed by atoms with Gasteiger partial charge in [-0.2, -0.15) is 18.4 Å². The first kappa shape index (κ1) is 12.1. The zero-order chi connectivity index (χ0) is 12.2. The highest BCUT2D eigenvalue weighted by Gasteiger charge is 2.30. The topological polar surface area (TPSA) is 35.8 Å². The third-order valence-electron chi connectivity index (χ3n) is 1.80. The Bertz CT molecular complexity index is 430. The van der Waals surface area contributed by atoms with E-state index in [9.17, 15) is 13.2 Å². The third kappa shape index (κ3) is 3.31. The Hall–Kier alpha value is -1.96. The Kier molecular flexibility index (Phi) is 3.56. The number of halogens is 3. The number of alkyl halides is 3. The molecule has 0 aliphatic heterocycles. The average Bonchev–Trinajstić information content (AvgIpc) is 2.17. The average molecular weight is 226 g/mol. The molecule has 0 amide bonds. The van der Waals surface area contributed by atoms with Crippen LogP contribution in [0.3, 0.4) is 0 Å². The summed E-state index contributed by atoms with van der Waals surface area (Å²) in [6.07, 6.45) is -4.31. The van der Waals surface area contributed by atoms with E-state index in [2.05, 4.69) is 11.9 Å². The van der Waals surface area contributed by atoms with Crippen molar-refractivity contribution in [1.29, 1.82) is 5.26 Å². The molecule has 0 saturated heterocycles. The minimum Gasteiger partial charge on any atom is -0.359 e. The van der Waals surface area contributed by atoms with Gasteiger partial charge >= 0.3 is 6.18 Å². The van der Waals surface area contributed by atoms with E-state index in [1.165, 1.54) is 12.1 Å². The quantitative estimate of drug-likeness (QED) is 0.855. The van der Waals surface area contributed by atoms with E-state index in [4.69, 9.17) is 5.26 Å². The third-order valence-corrected chi connectivity index (χ3v) is 1.80. The fraction of sp³-hybridized carbons (Fsp3) is 0.182. The molecule has 16 heavy (non-hydrogen) atoms. The summed E-state index contributed by atoms with van der Waals surface area (Å²) in [6.45, 7) is 3.52. The van der Waals surface area contributed by atoms with E-state index in [-0.39, 0.29) is 12.1 Å². The highest BCUT2D eigenvalue weighted by atomic mass is 19.4. The number of anilines is 1. The normalized spacial score (nSPS) is 10.6. The maximum atomic E-state index is 12.4. The summed E-state index contributed by atoms with van der Waals surface area (Å²) in [7, 11) is 0. The summed E-state index contributed by atoms with van der Waals surface area (Å²) in [4.78, 5) is 0. The van der Waals surface area contributed by atoms with Crippen LogP contribution >= 0.6 is 0 Å². The van der Waals surface area contributed by atoms with E-state index >= 15 is 0 Å². The minimum absolute atomic E-state index is 0.0518. The van der Waals surface area contributed by atoms with Gasteiger partial charge in [-0.05, 0) is 18.2 Å². The van der Waals surface area contributed by atoms with Crippen LogP contribution in [0.25, 0.3) is 0 Å². The highest BCUT2D eigenvalue weighted by Crippen LogP contribution is 2.30. The first-order chi connectivity index (χ1) is 7.43. The molecule has 2 nitrogen and oxygen atoms in total. The van der Waals surface area contributed by atoms with Crippen LogP contribution in [0.1, 0.15) is 12.0 Å². The van der Waals surface area contributed by atoms with Crippen LogP contribution in [0.15, 0.2) is 36.5 Å². The lowest BCUT2D eigenvalue weighted by atomic mass is 10.2. The van der Waals surface area contributed by atoms with E-state index < -0.39 is 11.7 Å². The van der Waals surface area contributed by atoms with Crippen molar-refractivity contribution in [2.24, 2.45) is 0 Å². The van der Waals surface area contributed by atoms with E-state index in [0.717, 1.165) is 12.1 Å². The summed E-state index contributed by atoms with van der Waals surface area (Å²) in [6, 6.07) is 6.59. The molecule has 0 aromatic heterocycles. The van der Waals surface area contributed by atoms with Crippen molar-refractivity contribution in [2.75, 3.05) is 5.32 Å². The van der Waals surface area contributed by atoms with E-state index in [1.807, 2.05) is 6.07 Å². The van der Waals surface area contributed by atoms with Crippen molar-refractivity contribution in [2.45, 2.75) is 12.6 Å². The van der Waals surface area contributed by atoms with Crippen molar-refractivity contribution in [1.82, 2.24) is 0 Å². The van der Waals surface area contributed by atoms with Crippen LogP contribution < -0.4 is 5.32 Å². The molecule has 0 bridgehead atoms. The zero-order valence-corrected chi connectivity index (χ0v) is 8.30. The van der Waals surface area contributed by atoms with Crippen LogP contribution in [0.2, 0.25) is 0 Å². The zero-order valence-electron chi connectivity index (χ0n) is 8.30. The van der Waals surface area contributed by atoms with Crippen LogP contribution in [-0.2, 0) is 6.18 Å². The van der Waals surface area contributed by atoms with Crippen molar-refractivity contribution >= 4 is 5.69 Å². The summed E-state index contributed by atoms with van der Waals surface area (Å²) in [5.74, 6) is 0. The Labute approximate surface area is 91.0 Å². The van der Waals surface area contributed by atoms with Crippen LogP contribution in [0.5, 0.6) is 0 Å². The number of hydrogen-bond donors (Lipinski definition) is 1. The van der Waals surface area contributed by atoms with Gasteiger partial charge in [-0.1, -0.05) is 12.6 Å². The Morgan fingerprint density at radius 3 is 2.69 bits per heavy atom. The molecule has 0 fully saturated rings. The molecule has 0 atom stereocenters. The molecular formula is C11H9F3N2. The van der Waals surface area contributed by atoms with Gasteiger partial charge < -0.3 is 5.32 Å². The van der Waals surface area contributed by atoms with Crippen molar-refractivity contribution in [3.8, 4) is 6.07 Å². The Morgan fingerprint density at radius 1 is 1.44 bits per heavy atom. The second kappa shape index (κ2) is 4.71.